The number of benzene rings is 2. The van der Waals surface area contributed by atoms with Crippen LogP contribution in [-0.2, 0) is 10.8 Å². The molecule has 0 aromatic heterocycles. The van der Waals surface area contributed by atoms with Gasteiger partial charge in [0.2, 0.25) is 0 Å². The summed E-state index contributed by atoms with van der Waals surface area (Å²) < 4.78 is 24.7. The summed E-state index contributed by atoms with van der Waals surface area (Å²) in [6.07, 6.45) is 15.2. The lowest BCUT2D eigenvalue weighted by molar-refractivity contribution is 0.304. The molecule has 2 aromatic rings. The Bertz CT molecular complexity index is 758. The Morgan fingerprint density at radius 3 is 1.22 bits per heavy atom. The van der Waals surface area contributed by atoms with Crippen LogP contribution in [0.4, 0.5) is 0 Å². The third-order valence-corrected chi connectivity index (χ3v) is 7.87. The van der Waals surface area contributed by atoms with Crippen LogP contribution in [0.25, 0.3) is 0 Å². The Balaban J connectivity index is 1.62. The van der Waals surface area contributed by atoms with Gasteiger partial charge in [-0.25, -0.2) is 4.21 Å². The first-order valence-corrected chi connectivity index (χ1v) is 15.5. The van der Waals surface area contributed by atoms with Crippen LogP contribution in [0.1, 0.15) is 105 Å². The van der Waals surface area contributed by atoms with Crippen LogP contribution >= 0.6 is 0 Å². The van der Waals surface area contributed by atoms with Gasteiger partial charge in [0.15, 0.2) is 0 Å². The largest absolute Gasteiger partial charge is 0.494 e. The Hall–Kier alpha value is -1.81. The summed E-state index contributed by atoms with van der Waals surface area (Å²) in [5.41, 5.74) is 0. The van der Waals surface area contributed by atoms with Crippen molar-refractivity contribution in [2.24, 2.45) is 11.8 Å². The number of rotatable bonds is 20. The van der Waals surface area contributed by atoms with E-state index in [1.54, 1.807) is 0 Å². The predicted octanol–water partition coefficient (Wildman–Crippen LogP) is 9.60. The summed E-state index contributed by atoms with van der Waals surface area (Å²) in [5, 5.41) is 0. The molecule has 0 heterocycles. The quantitative estimate of drug-likeness (QED) is 0.165. The van der Waals surface area contributed by atoms with E-state index in [0.29, 0.717) is 0 Å². The summed E-state index contributed by atoms with van der Waals surface area (Å²) >= 11 is 0. The van der Waals surface area contributed by atoms with Crippen LogP contribution in [0, 0.1) is 11.8 Å². The maximum absolute atomic E-state index is 13.0. The number of ether oxygens (including phenoxy) is 2. The van der Waals surface area contributed by atoms with Gasteiger partial charge in [-0.3, -0.25) is 0 Å². The fourth-order valence-corrected chi connectivity index (χ4v) is 5.24. The second-order valence-corrected chi connectivity index (χ2v) is 12.3. The van der Waals surface area contributed by atoms with Gasteiger partial charge in [0, 0.05) is 9.79 Å². The van der Waals surface area contributed by atoms with E-state index in [2.05, 4.69) is 27.7 Å². The van der Waals surface area contributed by atoms with E-state index in [4.69, 9.17) is 9.47 Å². The highest BCUT2D eigenvalue weighted by Crippen LogP contribution is 2.22. The molecule has 0 aliphatic carbocycles. The van der Waals surface area contributed by atoms with Gasteiger partial charge in [-0.2, -0.15) is 0 Å². The molecule has 0 fully saturated rings. The third-order valence-electron chi connectivity index (χ3n) is 6.46. The van der Waals surface area contributed by atoms with Crippen LogP contribution in [0.5, 0.6) is 11.5 Å². The standard InChI is InChI=1S/C32H50O3S/c1-27(2)15-11-7-5-9-13-25-34-29-17-21-31(22-18-29)36(33)32-23-19-30(20-24-32)35-26-14-10-6-8-12-16-28(3)4/h17-24,27-28H,5-16,25-26H2,1-4H3. The molecule has 0 aliphatic heterocycles. The molecule has 202 valence electrons. The zero-order chi connectivity index (χ0) is 26.0. The van der Waals surface area contributed by atoms with Crippen molar-refractivity contribution in [3.63, 3.8) is 0 Å². The molecule has 0 N–H and O–H groups in total. The van der Waals surface area contributed by atoms with Crippen LogP contribution in [-0.4, -0.2) is 17.4 Å². The Labute approximate surface area is 223 Å². The first kappa shape index (κ1) is 30.4. The molecule has 2 aromatic carbocycles. The molecule has 2 rings (SSSR count). The van der Waals surface area contributed by atoms with Crippen molar-refractivity contribution in [3.05, 3.63) is 48.5 Å². The molecular weight excluding hydrogens is 464 g/mol. The van der Waals surface area contributed by atoms with Crippen LogP contribution < -0.4 is 9.47 Å². The average Bonchev–Trinajstić information content (AvgIpc) is 2.87. The van der Waals surface area contributed by atoms with E-state index < -0.39 is 10.8 Å². The average molecular weight is 515 g/mol. The van der Waals surface area contributed by atoms with Crippen molar-refractivity contribution in [1.82, 2.24) is 0 Å². The lowest BCUT2D eigenvalue weighted by Crippen LogP contribution is -1.99. The Morgan fingerprint density at radius 1 is 0.528 bits per heavy atom. The molecule has 0 unspecified atom stereocenters. The van der Waals surface area contributed by atoms with Gasteiger partial charge in [0.05, 0.1) is 24.0 Å². The fourth-order valence-electron chi connectivity index (χ4n) is 4.21. The molecule has 0 aliphatic rings. The summed E-state index contributed by atoms with van der Waals surface area (Å²) in [6, 6.07) is 15.3. The van der Waals surface area contributed by atoms with E-state index in [1.807, 2.05) is 48.5 Å². The summed E-state index contributed by atoms with van der Waals surface area (Å²) in [5.74, 6) is 3.32. The minimum atomic E-state index is -1.21. The smallest absolute Gasteiger partial charge is 0.119 e. The number of hydrogen-bond donors (Lipinski definition) is 0. The zero-order valence-electron chi connectivity index (χ0n) is 23.3. The molecular formula is C32H50O3S. The van der Waals surface area contributed by atoms with Gasteiger partial charge in [-0.15, -0.1) is 0 Å². The monoisotopic (exact) mass is 514 g/mol. The van der Waals surface area contributed by atoms with Gasteiger partial charge >= 0.3 is 0 Å². The Morgan fingerprint density at radius 2 is 0.861 bits per heavy atom. The van der Waals surface area contributed by atoms with Crippen molar-refractivity contribution in [2.75, 3.05) is 13.2 Å². The SMILES string of the molecule is CC(C)CCCCCCCOc1ccc(S(=O)c2ccc(OCCCCCCCC(C)C)cc2)cc1. The lowest BCUT2D eigenvalue weighted by Gasteiger charge is -2.09. The summed E-state index contributed by atoms with van der Waals surface area (Å²) in [4.78, 5) is 1.58. The van der Waals surface area contributed by atoms with E-state index in [-0.39, 0.29) is 0 Å². The highest BCUT2D eigenvalue weighted by Gasteiger charge is 2.08. The van der Waals surface area contributed by atoms with Crippen LogP contribution in [0.3, 0.4) is 0 Å². The maximum atomic E-state index is 13.0. The van der Waals surface area contributed by atoms with Gasteiger partial charge in [0.25, 0.3) is 0 Å². The first-order valence-electron chi connectivity index (χ1n) is 14.3. The fraction of sp³-hybridized carbons (Fsp3) is 0.625. The van der Waals surface area contributed by atoms with Crippen molar-refractivity contribution < 1.29 is 13.7 Å². The molecule has 0 spiro atoms. The van der Waals surface area contributed by atoms with Gasteiger partial charge < -0.3 is 9.47 Å². The van der Waals surface area contributed by atoms with Gasteiger partial charge in [-0.05, 0) is 73.2 Å². The predicted molar refractivity (Wildman–Crippen MR) is 154 cm³/mol. The molecule has 0 amide bonds. The number of unbranched alkanes of at least 4 members (excludes halogenated alkanes) is 8. The van der Waals surface area contributed by atoms with Crippen LogP contribution in [0.2, 0.25) is 0 Å². The summed E-state index contributed by atoms with van der Waals surface area (Å²) in [6.45, 7) is 10.6. The molecule has 0 atom stereocenters. The second kappa shape index (κ2) is 18.4. The van der Waals surface area contributed by atoms with Crippen LogP contribution in [0.15, 0.2) is 58.3 Å². The zero-order valence-corrected chi connectivity index (χ0v) is 24.1. The van der Waals surface area contributed by atoms with E-state index in [1.165, 1.54) is 64.2 Å². The number of hydrogen-bond acceptors (Lipinski definition) is 3. The normalized spacial score (nSPS) is 11.5. The molecule has 0 radical (unpaired) electrons. The molecule has 36 heavy (non-hydrogen) atoms. The van der Waals surface area contributed by atoms with Crippen molar-refractivity contribution >= 4 is 10.8 Å². The molecule has 0 saturated heterocycles. The molecule has 4 heteroatoms. The minimum Gasteiger partial charge on any atom is -0.494 e. The van der Waals surface area contributed by atoms with E-state index >= 15 is 0 Å². The van der Waals surface area contributed by atoms with Gasteiger partial charge in [0.1, 0.15) is 11.5 Å². The van der Waals surface area contributed by atoms with E-state index in [0.717, 1.165) is 59.2 Å². The highest BCUT2D eigenvalue weighted by atomic mass is 32.2. The topological polar surface area (TPSA) is 35.5 Å². The molecule has 0 saturated carbocycles. The summed E-state index contributed by atoms with van der Waals surface area (Å²) in [7, 11) is -1.21. The third kappa shape index (κ3) is 13.5. The van der Waals surface area contributed by atoms with Crippen molar-refractivity contribution in [2.45, 2.75) is 115 Å². The first-order chi connectivity index (χ1) is 17.5. The maximum Gasteiger partial charge on any atom is 0.119 e. The second-order valence-electron chi connectivity index (χ2n) is 10.8. The van der Waals surface area contributed by atoms with E-state index in [9.17, 15) is 4.21 Å². The molecule has 3 nitrogen and oxygen atoms in total. The Kier molecular flexibility index (Phi) is 15.6. The minimum absolute atomic E-state index is 0.742. The lowest BCUT2D eigenvalue weighted by atomic mass is 10.0. The van der Waals surface area contributed by atoms with Gasteiger partial charge in [-0.1, -0.05) is 91.9 Å². The molecule has 0 bridgehead atoms. The van der Waals surface area contributed by atoms with Crippen molar-refractivity contribution in [3.8, 4) is 11.5 Å². The highest BCUT2D eigenvalue weighted by molar-refractivity contribution is 7.85. The van der Waals surface area contributed by atoms with Crippen molar-refractivity contribution in [1.29, 1.82) is 0 Å².